The summed E-state index contributed by atoms with van der Waals surface area (Å²) in [5.74, 6) is 0.0577. The lowest BCUT2D eigenvalue weighted by atomic mass is 9.77. The fraction of sp³-hybridized carbons (Fsp3) is 0.185. The molecule has 1 aliphatic carbocycles. The van der Waals surface area contributed by atoms with Gasteiger partial charge in [-0.1, -0.05) is 67.7 Å². The van der Waals surface area contributed by atoms with E-state index >= 15 is 0 Å². The van der Waals surface area contributed by atoms with Crippen LogP contribution < -0.4 is 0 Å². The number of allylic oxidation sites excluding steroid dienone is 1. The predicted molar refractivity (Wildman–Crippen MR) is 141 cm³/mol. The lowest BCUT2D eigenvalue weighted by Crippen LogP contribution is -2.31. The summed E-state index contributed by atoms with van der Waals surface area (Å²) in [7, 11) is 0. The van der Waals surface area contributed by atoms with Gasteiger partial charge in [0.05, 0.1) is 11.8 Å². The first-order chi connectivity index (χ1) is 16.0. The summed E-state index contributed by atoms with van der Waals surface area (Å²) < 4.78 is 2.07. The van der Waals surface area contributed by atoms with E-state index in [4.69, 9.17) is 16.7 Å². The molecule has 0 aromatic heterocycles. The van der Waals surface area contributed by atoms with Gasteiger partial charge in [-0.25, -0.2) is 5.01 Å². The zero-order valence-corrected chi connectivity index (χ0v) is 21.6. The minimum absolute atomic E-state index is 0.107. The maximum Gasteiger partial charge on any atom is 0.274 e. The van der Waals surface area contributed by atoms with Gasteiger partial charge in [-0.05, 0) is 90.6 Å². The molecule has 1 heterocycles. The summed E-state index contributed by atoms with van der Waals surface area (Å²) >= 11 is 13.1. The van der Waals surface area contributed by atoms with Crippen LogP contribution in [0, 0.1) is 5.92 Å². The maximum absolute atomic E-state index is 13.6. The summed E-state index contributed by atoms with van der Waals surface area (Å²) in [6, 6.07) is 23.4. The second-order valence-electron chi connectivity index (χ2n) is 8.36. The van der Waals surface area contributed by atoms with Crippen molar-refractivity contribution in [3.8, 4) is 0 Å². The third-order valence-corrected chi connectivity index (χ3v) is 7.53. The first-order valence-electron chi connectivity index (χ1n) is 10.9. The van der Waals surface area contributed by atoms with Crippen LogP contribution >= 0.6 is 43.5 Å². The highest BCUT2D eigenvalue weighted by Gasteiger charge is 2.43. The number of nitrogens with zero attached hydrogens (tertiary/aromatic N) is 2. The standard InChI is InChI=1S/C27H21Br2ClN2O/c28-21-10-4-17(5-11-21)16-20-2-1-3-24-25(20)31-32(26(24)18-6-12-22(29)13-7-18)27(33)19-8-14-23(30)15-9-19/h4-16,24,26H,1-3H2/b20-16-/t24-,26-/m0/s1. The van der Waals surface area contributed by atoms with Crippen molar-refractivity contribution in [2.75, 3.05) is 0 Å². The predicted octanol–water partition coefficient (Wildman–Crippen LogP) is 8.30. The van der Waals surface area contributed by atoms with E-state index in [-0.39, 0.29) is 17.9 Å². The van der Waals surface area contributed by atoms with Crippen LogP contribution in [-0.4, -0.2) is 16.6 Å². The Bertz CT molecular complexity index is 1230. The second-order valence-corrected chi connectivity index (χ2v) is 10.6. The minimum Gasteiger partial charge on any atom is -0.267 e. The van der Waals surface area contributed by atoms with Crippen molar-refractivity contribution < 1.29 is 4.79 Å². The van der Waals surface area contributed by atoms with E-state index in [1.54, 1.807) is 29.3 Å². The molecule has 0 saturated heterocycles. The van der Waals surface area contributed by atoms with Gasteiger partial charge in [-0.3, -0.25) is 4.79 Å². The lowest BCUT2D eigenvalue weighted by Gasteiger charge is -2.29. The van der Waals surface area contributed by atoms with E-state index < -0.39 is 0 Å². The van der Waals surface area contributed by atoms with E-state index in [9.17, 15) is 4.79 Å². The Labute approximate surface area is 215 Å². The van der Waals surface area contributed by atoms with Crippen molar-refractivity contribution >= 4 is 61.2 Å². The van der Waals surface area contributed by atoms with Gasteiger partial charge >= 0.3 is 0 Å². The normalized spacial score (nSPS) is 21.1. The van der Waals surface area contributed by atoms with Crippen LogP contribution in [-0.2, 0) is 0 Å². The highest BCUT2D eigenvalue weighted by Crippen LogP contribution is 2.45. The third-order valence-electron chi connectivity index (χ3n) is 6.22. The number of benzene rings is 3. The molecule has 0 unspecified atom stereocenters. The van der Waals surface area contributed by atoms with E-state index in [0.29, 0.717) is 10.6 Å². The van der Waals surface area contributed by atoms with Crippen LogP contribution in [0.2, 0.25) is 5.02 Å². The monoisotopic (exact) mass is 582 g/mol. The van der Waals surface area contributed by atoms with E-state index in [1.165, 1.54) is 5.57 Å². The SMILES string of the molecule is O=C(c1ccc(Cl)cc1)N1N=C2/C(=C\c3ccc(Br)cc3)CCC[C@@H]2[C@@H]1c1ccc(Br)cc1. The average Bonchev–Trinajstić information content (AvgIpc) is 3.22. The molecule has 1 saturated carbocycles. The quantitative estimate of drug-likeness (QED) is 0.305. The molecule has 3 nitrogen and oxygen atoms in total. The van der Waals surface area contributed by atoms with Crippen LogP contribution in [0.5, 0.6) is 0 Å². The van der Waals surface area contributed by atoms with Crippen molar-refractivity contribution in [3.05, 3.63) is 109 Å². The Morgan fingerprint density at radius 3 is 2.24 bits per heavy atom. The Morgan fingerprint density at radius 2 is 1.58 bits per heavy atom. The topological polar surface area (TPSA) is 32.7 Å². The number of halogens is 3. The Morgan fingerprint density at radius 1 is 0.939 bits per heavy atom. The van der Waals surface area contributed by atoms with Crippen LogP contribution in [0.1, 0.15) is 46.8 Å². The molecule has 2 aliphatic rings. The van der Waals surface area contributed by atoms with Crippen molar-refractivity contribution in [3.63, 3.8) is 0 Å². The Kier molecular flexibility index (Phi) is 6.55. The molecule has 1 amide bonds. The molecule has 1 fully saturated rings. The summed E-state index contributed by atoms with van der Waals surface area (Å²) in [6.07, 6.45) is 5.25. The first-order valence-corrected chi connectivity index (χ1v) is 12.9. The van der Waals surface area contributed by atoms with Crippen LogP contribution in [0.3, 0.4) is 0 Å². The number of carbonyl (C=O) groups excluding carboxylic acids is 1. The Balaban J connectivity index is 1.57. The molecule has 0 radical (unpaired) electrons. The van der Waals surface area contributed by atoms with Crippen molar-refractivity contribution in [2.45, 2.75) is 25.3 Å². The molecule has 6 heteroatoms. The number of rotatable bonds is 3. The number of amides is 1. The van der Waals surface area contributed by atoms with Gasteiger partial charge in [0.15, 0.2) is 0 Å². The molecule has 0 N–H and O–H groups in total. The summed E-state index contributed by atoms with van der Waals surface area (Å²) in [5.41, 5.74) is 5.05. The van der Waals surface area contributed by atoms with Crippen LogP contribution in [0.15, 0.2) is 92.4 Å². The largest absolute Gasteiger partial charge is 0.274 e. The van der Waals surface area contributed by atoms with Gasteiger partial charge < -0.3 is 0 Å². The molecule has 3 aromatic carbocycles. The molecule has 166 valence electrons. The van der Waals surface area contributed by atoms with Crippen LogP contribution in [0.4, 0.5) is 0 Å². The van der Waals surface area contributed by atoms with E-state index in [1.807, 2.05) is 24.3 Å². The van der Waals surface area contributed by atoms with Gasteiger partial charge in [0.2, 0.25) is 0 Å². The molecule has 33 heavy (non-hydrogen) atoms. The van der Waals surface area contributed by atoms with E-state index in [2.05, 4.69) is 62.2 Å². The van der Waals surface area contributed by atoms with Crippen molar-refractivity contribution in [1.29, 1.82) is 0 Å². The maximum atomic E-state index is 13.6. The summed E-state index contributed by atoms with van der Waals surface area (Å²) in [4.78, 5) is 13.6. The van der Waals surface area contributed by atoms with Crippen molar-refractivity contribution in [1.82, 2.24) is 5.01 Å². The van der Waals surface area contributed by atoms with Crippen LogP contribution in [0.25, 0.3) is 6.08 Å². The fourth-order valence-corrected chi connectivity index (χ4v) is 5.30. The molecular formula is C27H21Br2ClN2O. The van der Waals surface area contributed by atoms with Gasteiger partial charge in [0, 0.05) is 25.4 Å². The summed E-state index contributed by atoms with van der Waals surface area (Å²) in [5, 5.41) is 7.26. The lowest BCUT2D eigenvalue weighted by molar-refractivity contribution is 0.0681. The number of hydrazone groups is 1. The number of hydrogen-bond acceptors (Lipinski definition) is 2. The van der Waals surface area contributed by atoms with Crippen molar-refractivity contribution in [2.24, 2.45) is 11.0 Å². The molecule has 0 spiro atoms. The van der Waals surface area contributed by atoms with Gasteiger partial charge in [-0.2, -0.15) is 5.10 Å². The minimum atomic E-state index is -0.134. The zero-order chi connectivity index (χ0) is 22.9. The highest BCUT2D eigenvalue weighted by atomic mass is 79.9. The molecular weight excluding hydrogens is 564 g/mol. The number of fused-ring (bicyclic) bond motifs is 1. The van der Waals surface area contributed by atoms with Gasteiger partial charge in [0.1, 0.15) is 0 Å². The summed E-state index contributed by atoms with van der Waals surface area (Å²) in [6.45, 7) is 0. The smallest absolute Gasteiger partial charge is 0.267 e. The first kappa shape index (κ1) is 22.6. The van der Waals surface area contributed by atoms with Gasteiger partial charge in [-0.15, -0.1) is 0 Å². The molecule has 1 aliphatic heterocycles. The molecule has 2 atom stereocenters. The average molecular weight is 585 g/mol. The molecule has 0 bridgehead atoms. The Hall–Kier alpha value is -2.21. The highest BCUT2D eigenvalue weighted by molar-refractivity contribution is 9.10. The fourth-order valence-electron chi connectivity index (χ4n) is 4.65. The second kappa shape index (κ2) is 9.57. The zero-order valence-electron chi connectivity index (χ0n) is 17.7. The number of carbonyl (C=O) groups is 1. The van der Waals surface area contributed by atoms with E-state index in [0.717, 1.165) is 45.0 Å². The third kappa shape index (κ3) is 4.72. The number of hydrogen-bond donors (Lipinski definition) is 0. The molecule has 5 rings (SSSR count). The molecule has 3 aromatic rings. The van der Waals surface area contributed by atoms with Gasteiger partial charge in [0.25, 0.3) is 5.91 Å².